The Hall–Kier alpha value is -2.34. The zero-order chi connectivity index (χ0) is 17.0. The van der Waals surface area contributed by atoms with Crippen LogP contribution >= 0.6 is 0 Å². The molecule has 6 nitrogen and oxygen atoms in total. The maximum atomic E-state index is 12.3. The van der Waals surface area contributed by atoms with Gasteiger partial charge in [-0.05, 0) is 17.5 Å². The van der Waals surface area contributed by atoms with E-state index in [9.17, 15) is 9.59 Å². The van der Waals surface area contributed by atoms with Gasteiger partial charge in [0.2, 0.25) is 0 Å². The predicted octanol–water partition coefficient (Wildman–Crippen LogP) is 0.635. The summed E-state index contributed by atoms with van der Waals surface area (Å²) < 4.78 is 4.74. The fraction of sp³-hybridized carbons (Fsp3) is 0.412. The second kappa shape index (κ2) is 7.28. The van der Waals surface area contributed by atoms with E-state index in [-0.39, 0.29) is 11.8 Å². The largest absolute Gasteiger partial charge is 0.467 e. The summed E-state index contributed by atoms with van der Waals surface area (Å²) in [6.45, 7) is 3.72. The Morgan fingerprint density at radius 2 is 2.00 bits per heavy atom. The number of rotatable bonds is 6. The van der Waals surface area contributed by atoms with Crippen molar-refractivity contribution in [3.63, 3.8) is 0 Å². The van der Waals surface area contributed by atoms with Gasteiger partial charge in [-0.2, -0.15) is 0 Å². The minimum atomic E-state index is -0.653. The van der Waals surface area contributed by atoms with Gasteiger partial charge in [0.05, 0.1) is 7.11 Å². The van der Waals surface area contributed by atoms with Crippen LogP contribution in [0.4, 0.5) is 0 Å². The number of H-pyrrole nitrogens is 1. The van der Waals surface area contributed by atoms with E-state index in [1.807, 2.05) is 44.3 Å². The Kier molecular flexibility index (Phi) is 5.39. The maximum Gasteiger partial charge on any atom is 0.328 e. The highest BCUT2D eigenvalue weighted by Crippen LogP contribution is 2.18. The molecule has 0 saturated carbocycles. The number of aromatic amines is 1. The number of para-hydroxylation sites is 1. The molecule has 0 unspecified atom stereocenters. The van der Waals surface area contributed by atoms with Crippen molar-refractivity contribution < 1.29 is 20.1 Å². The summed E-state index contributed by atoms with van der Waals surface area (Å²) in [4.78, 5) is 27.3. The van der Waals surface area contributed by atoms with Crippen LogP contribution in [-0.2, 0) is 20.7 Å². The summed E-state index contributed by atoms with van der Waals surface area (Å²) in [5, 5.41) is 3.83. The number of quaternary nitrogens is 1. The van der Waals surface area contributed by atoms with E-state index in [0.717, 1.165) is 16.5 Å². The molecule has 1 aromatic carbocycles. The lowest BCUT2D eigenvalue weighted by molar-refractivity contribution is -0.403. The van der Waals surface area contributed by atoms with Crippen LogP contribution in [0.1, 0.15) is 19.4 Å². The number of aromatic nitrogens is 1. The Morgan fingerprint density at radius 3 is 2.65 bits per heavy atom. The lowest BCUT2D eigenvalue weighted by Gasteiger charge is -2.20. The molecule has 2 atom stereocenters. The van der Waals surface area contributed by atoms with E-state index in [4.69, 9.17) is 4.74 Å². The normalized spacial score (nSPS) is 13.8. The van der Waals surface area contributed by atoms with Crippen LogP contribution in [-0.4, -0.2) is 36.1 Å². The zero-order valence-corrected chi connectivity index (χ0v) is 13.8. The molecule has 0 aliphatic heterocycles. The van der Waals surface area contributed by atoms with Crippen molar-refractivity contribution in [3.05, 3.63) is 36.0 Å². The Bertz CT molecular complexity index is 693. The van der Waals surface area contributed by atoms with E-state index < -0.39 is 18.1 Å². The second-order valence-electron chi connectivity index (χ2n) is 6.01. The van der Waals surface area contributed by atoms with Crippen LogP contribution in [0.15, 0.2) is 30.5 Å². The third-order valence-electron chi connectivity index (χ3n) is 3.93. The number of ether oxygens (including phenoxy) is 1. The van der Waals surface area contributed by atoms with Gasteiger partial charge in [0.1, 0.15) is 6.04 Å². The monoisotopic (exact) mass is 318 g/mol. The van der Waals surface area contributed by atoms with Crippen molar-refractivity contribution >= 4 is 22.8 Å². The number of fused-ring (bicyclic) bond motifs is 1. The summed E-state index contributed by atoms with van der Waals surface area (Å²) in [5.41, 5.74) is 6.01. The molecule has 0 saturated heterocycles. The first-order chi connectivity index (χ1) is 10.9. The van der Waals surface area contributed by atoms with E-state index in [1.54, 1.807) is 0 Å². The smallest absolute Gasteiger partial charge is 0.328 e. The SMILES string of the molecule is COC(=O)[C@H](NC(=O)[C@@H]([NH3+])Cc1c[nH]c2ccccc12)C(C)C. The van der Waals surface area contributed by atoms with E-state index in [0.29, 0.717) is 6.42 Å². The first-order valence-electron chi connectivity index (χ1n) is 7.70. The molecule has 0 spiro atoms. The van der Waals surface area contributed by atoms with Crippen LogP contribution in [0.25, 0.3) is 10.9 Å². The van der Waals surface area contributed by atoms with Gasteiger partial charge >= 0.3 is 5.97 Å². The Labute approximate surface area is 135 Å². The number of carbonyl (C=O) groups excluding carboxylic acids is 2. The zero-order valence-electron chi connectivity index (χ0n) is 13.8. The van der Waals surface area contributed by atoms with Crippen molar-refractivity contribution in [3.8, 4) is 0 Å². The van der Waals surface area contributed by atoms with Crippen molar-refractivity contribution in [2.24, 2.45) is 5.92 Å². The molecule has 0 aliphatic carbocycles. The van der Waals surface area contributed by atoms with Gasteiger partial charge in [0.15, 0.2) is 6.04 Å². The Morgan fingerprint density at radius 1 is 1.30 bits per heavy atom. The fourth-order valence-corrected chi connectivity index (χ4v) is 2.55. The summed E-state index contributed by atoms with van der Waals surface area (Å²) in [7, 11) is 1.32. The van der Waals surface area contributed by atoms with E-state index in [1.165, 1.54) is 7.11 Å². The molecule has 5 N–H and O–H groups in total. The van der Waals surface area contributed by atoms with Gasteiger partial charge in [-0.1, -0.05) is 32.0 Å². The number of nitrogens with one attached hydrogen (secondary N) is 2. The Balaban J connectivity index is 2.06. The maximum absolute atomic E-state index is 12.3. The molecule has 23 heavy (non-hydrogen) atoms. The van der Waals surface area contributed by atoms with Crippen molar-refractivity contribution in [1.29, 1.82) is 0 Å². The second-order valence-corrected chi connectivity index (χ2v) is 6.01. The third kappa shape index (κ3) is 3.90. The van der Waals surface area contributed by atoms with Crippen LogP contribution in [0.2, 0.25) is 0 Å². The highest BCUT2D eigenvalue weighted by Gasteiger charge is 2.28. The van der Waals surface area contributed by atoms with E-state index >= 15 is 0 Å². The molecule has 2 rings (SSSR count). The lowest BCUT2D eigenvalue weighted by Crippen LogP contribution is -2.69. The lowest BCUT2D eigenvalue weighted by atomic mass is 10.0. The van der Waals surface area contributed by atoms with Crippen LogP contribution in [0.3, 0.4) is 0 Å². The first kappa shape index (κ1) is 17.0. The average molecular weight is 318 g/mol. The molecule has 1 aromatic heterocycles. The predicted molar refractivity (Wildman–Crippen MR) is 87.5 cm³/mol. The number of benzene rings is 1. The number of hydrogen-bond donors (Lipinski definition) is 3. The molecule has 0 radical (unpaired) electrons. The van der Waals surface area contributed by atoms with Gasteiger partial charge in [-0.3, -0.25) is 4.79 Å². The minimum Gasteiger partial charge on any atom is -0.467 e. The molecule has 1 amide bonds. The van der Waals surface area contributed by atoms with Gasteiger partial charge < -0.3 is 20.8 Å². The number of carbonyl (C=O) groups is 2. The molecule has 0 aliphatic rings. The standard InChI is InChI=1S/C17H23N3O3/c1-10(2)15(17(22)23-3)20-16(21)13(18)8-11-9-19-14-7-5-4-6-12(11)14/h4-7,9-10,13,15,19H,8,18H2,1-3H3,(H,20,21)/p+1/t13-,15+/m0/s1. The number of hydrogen-bond acceptors (Lipinski definition) is 3. The topological polar surface area (TPSA) is 98.8 Å². The van der Waals surface area contributed by atoms with Crippen molar-refractivity contribution in [1.82, 2.24) is 10.3 Å². The average Bonchev–Trinajstić information content (AvgIpc) is 2.94. The molecular weight excluding hydrogens is 294 g/mol. The van der Waals surface area contributed by atoms with Crippen LogP contribution < -0.4 is 11.1 Å². The highest BCUT2D eigenvalue weighted by molar-refractivity contribution is 5.88. The van der Waals surface area contributed by atoms with Gasteiger partial charge in [0, 0.05) is 23.5 Å². The molecular formula is C17H24N3O3+. The molecule has 0 fully saturated rings. The van der Waals surface area contributed by atoms with Gasteiger partial charge in [-0.15, -0.1) is 0 Å². The molecule has 124 valence electrons. The summed E-state index contributed by atoms with van der Waals surface area (Å²) in [6, 6.07) is 6.78. The highest BCUT2D eigenvalue weighted by atomic mass is 16.5. The number of esters is 1. The minimum absolute atomic E-state index is 0.0494. The molecule has 0 bridgehead atoms. The van der Waals surface area contributed by atoms with Crippen LogP contribution in [0, 0.1) is 5.92 Å². The summed E-state index contributed by atoms with van der Waals surface area (Å²) >= 11 is 0. The molecule has 6 heteroatoms. The van der Waals surface area contributed by atoms with Crippen LogP contribution in [0.5, 0.6) is 0 Å². The number of methoxy groups -OCH3 is 1. The quantitative estimate of drug-likeness (QED) is 0.681. The molecule has 2 aromatic rings. The summed E-state index contributed by atoms with van der Waals surface area (Å²) in [5.74, 6) is -0.737. The van der Waals surface area contributed by atoms with Gasteiger partial charge in [-0.25, -0.2) is 4.79 Å². The first-order valence-corrected chi connectivity index (χ1v) is 7.70. The van der Waals surface area contributed by atoms with Crippen molar-refractivity contribution in [2.75, 3.05) is 7.11 Å². The summed E-state index contributed by atoms with van der Waals surface area (Å²) in [6.07, 6.45) is 2.40. The van der Waals surface area contributed by atoms with E-state index in [2.05, 4.69) is 16.0 Å². The fourth-order valence-electron chi connectivity index (χ4n) is 2.55. The number of amides is 1. The third-order valence-corrected chi connectivity index (χ3v) is 3.93. The molecule has 1 heterocycles. The van der Waals surface area contributed by atoms with Crippen molar-refractivity contribution in [2.45, 2.75) is 32.4 Å². The van der Waals surface area contributed by atoms with Gasteiger partial charge in [0.25, 0.3) is 5.91 Å².